The van der Waals surface area contributed by atoms with E-state index in [4.69, 9.17) is 0 Å². The standard InChI is InChI=1S/C42H51N4O3S/c1-8-46-38-26-36-34(24-32(38)29(2)27-41(46,3)4)39(40-43(7)20-21-44(40)18-12-13-22-50(47,48)49)33-23-31-17-14-19-45(28-30-15-10-9-11-16-30)37(31)25-35(33)42(36,5)6/h9-11,15-16,20-21,23-27H,8,12-14,17-19,22,28H2,1-7H3/q+1/p+1. The van der Waals surface area contributed by atoms with Gasteiger partial charge in [-0.25, -0.2) is 13.7 Å². The summed E-state index contributed by atoms with van der Waals surface area (Å²) in [5, 5.41) is 2.62. The van der Waals surface area contributed by atoms with Gasteiger partial charge in [0.2, 0.25) is 5.36 Å². The van der Waals surface area contributed by atoms with Crippen LogP contribution in [0.1, 0.15) is 100 Å². The highest BCUT2D eigenvalue weighted by atomic mass is 32.2. The number of imidazole rings is 1. The summed E-state index contributed by atoms with van der Waals surface area (Å²) in [5.74, 6) is 0.886. The van der Waals surface area contributed by atoms with Crippen LogP contribution in [-0.4, -0.2) is 41.9 Å². The van der Waals surface area contributed by atoms with Crippen LogP contribution in [0.15, 0.2) is 73.1 Å². The first-order valence-electron chi connectivity index (χ1n) is 18.2. The van der Waals surface area contributed by atoms with E-state index >= 15 is 0 Å². The largest absolute Gasteiger partial charge is 0.363 e. The molecule has 262 valence electrons. The Bertz CT molecular complexity index is 2260. The molecule has 1 N–H and O–H groups in total. The maximum atomic E-state index is 11.5. The molecule has 1 aromatic heterocycles. The minimum absolute atomic E-state index is 0.0937. The molecule has 7 rings (SSSR count). The summed E-state index contributed by atoms with van der Waals surface area (Å²) in [5.41, 5.74) is 11.4. The molecule has 3 aromatic carbocycles. The van der Waals surface area contributed by atoms with Crippen LogP contribution in [0.3, 0.4) is 0 Å². The van der Waals surface area contributed by atoms with Crippen molar-refractivity contribution in [2.24, 2.45) is 7.05 Å². The van der Waals surface area contributed by atoms with Crippen LogP contribution in [0.5, 0.6) is 0 Å². The summed E-state index contributed by atoms with van der Waals surface area (Å²) in [6.07, 6.45) is 9.83. The molecular weight excluding hydrogens is 641 g/mol. The van der Waals surface area contributed by atoms with Gasteiger partial charge in [0.15, 0.2) is 6.54 Å². The Balaban J connectivity index is 1.52. The van der Waals surface area contributed by atoms with Gasteiger partial charge in [-0.1, -0.05) is 50.3 Å². The number of fused-ring (bicyclic) bond motifs is 4. The Morgan fingerprint density at radius 1 is 0.960 bits per heavy atom. The van der Waals surface area contributed by atoms with Gasteiger partial charge in [-0.05, 0) is 92.6 Å². The van der Waals surface area contributed by atoms with Crippen LogP contribution in [0, 0.1) is 0 Å². The van der Waals surface area contributed by atoms with Crippen LogP contribution >= 0.6 is 0 Å². The number of anilines is 1. The van der Waals surface area contributed by atoms with Gasteiger partial charge in [-0.2, -0.15) is 8.42 Å². The van der Waals surface area contributed by atoms with E-state index in [-0.39, 0.29) is 16.7 Å². The first-order valence-corrected chi connectivity index (χ1v) is 19.8. The van der Waals surface area contributed by atoms with Crippen molar-refractivity contribution in [3.8, 4) is 0 Å². The molecule has 0 saturated carbocycles. The Labute approximate surface area is 297 Å². The molecule has 2 aliphatic heterocycles. The number of hydrogen-bond acceptors (Lipinski definition) is 3. The second kappa shape index (κ2) is 12.6. The van der Waals surface area contributed by atoms with E-state index in [1.807, 2.05) is 0 Å². The average Bonchev–Trinajstić information content (AvgIpc) is 3.41. The van der Waals surface area contributed by atoms with Gasteiger partial charge in [0.25, 0.3) is 15.9 Å². The number of aryl methyl sites for hydroxylation is 3. The molecule has 0 amide bonds. The van der Waals surface area contributed by atoms with E-state index in [9.17, 15) is 13.0 Å². The first kappa shape index (κ1) is 34.4. The molecule has 0 bridgehead atoms. The monoisotopic (exact) mass is 692 g/mol. The third-order valence-corrected chi connectivity index (χ3v) is 12.1. The molecule has 8 heteroatoms. The molecule has 7 nitrogen and oxygen atoms in total. The summed E-state index contributed by atoms with van der Waals surface area (Å²) in [7, 11) is -1.88. The summed E-state index contributed by atoms with van der Waals surface area (Å²) < 4.78 is 39.4. The van der Waals surface area contributed by atoms with Gasteiger partial charge in [-0.3, -0.25) is 4.55 Å². The van der Waals surface area contributed by atoms with E-state index in [2.05, 4.69) is 140 Å². The fraction of sp³-hybridized carbons (Fsp3) is 0.429. The third-order valence-electron chi connectivity index (χ3n) is 11.3. The molecule has 0 spiro atoms. The predicted octanol–water partition coefficient (Wildman–Crippen LogP) is 5.53. The Kier molecular flexibility index (Phi) is 8.71. The molecule has 50 heavy (non-hydrogen) atoms. The van der Waals surface area contributed by atoms with Crippen molar-refractivity contribution in [1.82, 2.24) is 9.14 Å². The molecule has 0 atom stereocenters. The van der Waals surface area contributed by atoms with E-state index in [1.54, 1.807) is 0 Å². The lowest BCUT2D eigenvalue weighted by molar-refractivity contribution is -0.673. The zero-order chi connectivity index (χ0) is 35.6. The zero-order valence-corrected chi connectivity index (χ0v) is 31.6. The molecule has 0 saturated heterocycles. The van der Waals surface area contributed by atoms with E-state index in [0.29, 0.717) is 19.4 Å². The highest BCUT2D eigenvalue weighted by Crippen LogP contribution is 2.47. The van der Waals surface area contributed by atoms with Crippen molar-refractivity contribution in [2.45, 2.75) is 91.3 Å². The van der Waals surface area contributed by atoms with E-state index in [0.717, 1.165) is 38.3 Å². The lowest BCUT2D eigenvalue weighted by atomic mass is 9.68. The maximum Gasteiger partial charge on any atom is 0.289 e. The third kappa shape index (κ3) is 6.04. The number of unbranched alkanes of at least 4 members (excludes halogenated alkanes) is 1. The minimum Gasteiger partial charge on any atom is -0.363 e. The van der Waals surface area contributed by atoms with Gasteiger partial charge in [0.1, 0.15) is 18.9 Å². The van der Waals surface area contributed by atoms with Gasteiger partial charge < -0.3 is 4.90 Å². The van der Waals surface area contributed by atoms with Crippen molar-refractivity contribution in [1.29, 1.82) is 0 Å². The average molecular weight is 693 g/mol. The Hall–Kier alpha value is -4.01. The number of allylic oxidation sites excluding steroid dienone is 1. The fourth-order valence-electron chi connectivity index (χ4n) is 8.95. The van der Waals surface area contributed by atoms with Gasteiger partial charge in [0.05, 0.1) is 30.5 Å². The van der Waals surface area contributed by atoms with Crippen LogP contribution in [0.25, 0.3) is 11.1 Å². The summed E-state index contributed by atoms with van der Waals surface area (Å²) in [6, 6.07) is 20.7. The zero-order valence-electron chi connectivity index (χ0n) is 30.8. The molecule has 1 aliphatic carbocycles. The quantitative estimate of drug-likeness (QED) is 0.143. The number of rotatable bonds is 9. The van der Waals surface area contributed by atoms with Gasteiger partial charge in [0, 0.05) is 46.8 Å². The van der Waals surface area contributed by atoms with Crippen LogP contribution in [-0.2, 0) is 42.1 Å². The summed E-state index contributed by atoms with van der Waals surface area (Å²) >= 11 is 0. The van der Waals surface area contributed by atoms with Crippen molar-refractivity contribution in [3.63, 3.8) is 0 Å². The second-order valence-electron chi connectivity index (χ2n) is 15.6. The van der Waals surface area contributed by atoms with Crippen molar-refractivity contribution in [3.05, 3.63) is 123 Å². The van der Waals surface area contributed by atoms with Crippen molar-refractivity contribution >= 4 is 27.0 Å². The van der Waals surface area contributed by atoms with Crippen LogP contribution in [0.4, 0.5) is 5.69 Å². The van der Waals surface area contributed by atoms with Gasteiger partial charge >= 0.3 is 0 Å². The highest BCUT2D eigenvalue weighted by molar-refractivity contribution is 7.85. The normalized spacial score (nSPS) is 17.5. The highest BCUT2D eigenvalue weighted by Gasteiger charge is 2.41. The number of hydrogen-bond donors (Lipinski definition) is 1. The number of likely N-dealkylation sites (N-methyl/N-ethyl adjacent to an activating group) is 1. The number of benzene rings is 3. The van der Waals surface area contributed by atoms with Crippen molar-refractivity contribution in [2.75, 3.05) is 23.7 Å². The Morgan fingerprint density at radius 3 is 2.44 bits per heavy atom. The van der Waals surface area contributed by atoms with Gasteiger partial charge in [-0.15, -0.1) is 0 Å². The lowest BCUT2D eigenvalue weighted by Crippen LogP contribution is -2.46. The molecular formula is C42H52N4O3S+2. The van der Waals surface area contributed by atoms with Crippen LogP contribution < -0.4 is 24.6 Å². The number of aromatic nitrogens is 2. The molecule has 0 radical (unpaired) electrons. The topological polar surface area (TPSA) is 69.4 Å². The fourth-order valence-corrected chi connectivity index (χ4v) is 9.52. The maximum absolute atomic E-state index is 11.5. The molecule has 0 fully saturated rings. The smallest absolute Gasteiger partial charge is 0.289 e. The lowest BCUT2D eigenvalue weighted by Gasteiger charge is -2.44. The van der Waals surface area contributed by atoms with E-state index in [1.165, 1.54) is 60.8 Å². The van der Waals surface area contributed by atoms with Crippen LogP contribution in [0.2, 0.25) is 0 Å². The predicted molar refractivity (Wildman–Crippen MR) is 202 cm³/mol. The van der Waals surface area contributed by atoms with Crippen molar-refractivity contribution < 1.29 is 17.5 Å². The summed E-state index contributed by atoms with van der Waals surface area (Å²) in [6.45, 7) is 17.4. The minimum atomic E-state index is -3.99. The SMILES string of the molecule is CCN1c2cc3c(cc2C(C)=CC1(C)C)C(c1n(CCCCS(=O)(=O)O)cc[n+]1C)=c1cc2c(cc1C3(C)C)=[N+](Cc1ccccc1)CCC2. The second-order valence-corrected chi connectivity index (χ2v) is 17.2. The first-order chi connectivity index (χ1) is 23.7. The van der Waals surface area contributed by atoms with E-state index < -0.39 is 10.1 Å². The molecule has 0 unspecified atom stereocenters. The molecule has 3 heterocycles. The molecule has 3 aliphatic rings. The summed E-state index contributed by atoms with van der Waals surface area (Å²) in [4.78, 5) is 2.53. The molecule has 4 aromatic rings. The Morgan fingerprint density at radius 2 is 1.72 bits per heavy atom. The number of nitrogens with zero attached hydrogens (tertiary/aromatic N) is 4.